The predicted molar refractivity (Wildman–Crippen MR) is 79.6 cm³/mol. The van der Waals surface area contributed by atoms with E-state index in [0.717, 1.165) is 0 Å². The molecule has 0 saturated carbocycles. The van der Waals surface area contributed by atoms with E-state index in [9.17, 15) is 14.0 Å². The summed E-state index contributed by atoms with van der Waals surface area (Å²) in [6.07, 6.45) is 0.192. The summed E-state index contributed by atoms with van der Waals surface area (Å²) in [5.41, 5.74) is 0.124. The number of hydrogen-bond acceptors (Lipinski definition) is 2. The molecule has 4 nitrogen and oxygen atoms in total. The second kappa shape index (κ2) is 5.64. The summed E-state index contributed by atoms with van der Waals surface area (Å²) < 4.78 is 13.1. The SMILES string of the molecule is CC(C)(C)N1CC(C(=O)Nc2ccc(F)c(Cl)c2)CC1=O. The van der Waals surface area contributed by atoms with E-state index in [1.807, 2.05) is 20.8 Å². The Labute approximate surface area is 128 Å². The van der Waals surface area contributed by atoms with Gasteiger partial charge in [0.2, 0.25) is 11.8 Å². The molecule has 6 heteroatoms. The number of likely N-dealkylation sites (tertiary alicyclic amines) is 1. The number of halogens is 2. The van der Waals surface area contributed by atoms with E-state index in [1.54, 1.807) is 4.90 Å². The lowest BCUT2D eigenvalue weighted by Crippen LogP contribution is -2.42. The van der Waals surface area contributed by atoms with Crippen LogP contribution in [0.25, 0.3) is 0 Å². The zero-order valence-corrected chi connectivity index (χ0v) is 13.0. The molecule has 2 amide bonds. The van der Waals surface area contributed by atoms with Crippen molar-refractivity contribution < 1.29 is 14.0 Å². The van der Waals surface area contributed by atoms with E-state index in [-0.39, 0.29) is 28.8 Å². The minimum Gasteiger partial charge on any atom is -0.337 e. The monoisotopic (exact) mass is 312 g/mol. The lowest BCUT2D eigenvalue weighted by atomic mass is 10.1. The Kier molecular flexibility index (Phi) is 4.23. The molecule has 1 fully saturated rings. The number of anilines is 1. The number of nitrogens with one attached hydrogen (secondary N) is 1. The van der Waals surface area contributed by atoms with Gasteiger partial charge in [0.15, 0.2) is 0 Å². The molecule has 1 aromatic rings. The molecular formula is C15H18ClFN2O2. The fourth-order valence-electron chi connectivity index (χ4n) is 2.35. The third-order valence-corrected chi connectivity index (χ3v) is 3.78. The van der Waals surface area contributed by atoms with Crippen LogP contribution >= 0.6 is 11.6 Å². The van der Waals surface area contributed by atoms with E-state index in [0.29, 0.717) is 12.2 Å². The average Bonchev–Trinajstić information content (AvgIpc) is 2.76. The van der Waals surface area contributed by atoms with Crippen LogP contribution in [0.4, 0.5) is 10.1 Å². The molecule has 0 aliphatic carbocycles. The van der Waals surface area contributed by atoms with Gasteiger partial charge in [0.05, 0.1) is 10.9 Å². The van der Waals surface area contributed by atoms with Crippen molar-refractivity contribution in [2.75, 3.05) is 11.9 Å². The van der Waals surface area contributed by atoms with Gasteiger partial charge in [-0.05, 0) is 39.0 Å². The second-order valence-electron chi connectivity index (χ2n) is 6.19. The predicted octanol–water partition coefficient (Wildman–Crippen LogP) is 3.06. The molecule has 1 saturated heterocycles. The van der Waals surface area contributed by atoms with Gasteiger partial charge in [0, 0.05) is 24.2 Å². The zero-order valence-electron chi connectivity index (χ0n) is 12.2. The number of carbonyl (C=O) groups is 2. The Hall–Kier alpha value is -1.62. The largest absolute Gasteiger partial charge is 0.337 e. The van der Waals surface area contributed by atoms with Gasteiger partial charge in [-0.1, -0.05) is 11.6 Å². The Morgan fingerprint density at radius 1 is 1.43 bits per heavy atom. The van der Waals surface area contributed by atoms with Crippen LogP contribution in [0, 0.1) is 11.7 Å². The summed E-state index contributed by atoms with van der Waals surface area (Å²) >= 11 is 5.67. The van der Waals surface area contributed by atoms with Crippen molar-refractivity contribution in [3.05, 3.63) is 29.0 Å². The Bertz CT molecular complexity index is 584. The average molecular weight is 313 g/mol. The lowest BCUT2D eigenvalue weighted by Gasteiger charge is -2.31. The Morgan fingerprint density at radius 2 is 2.10 bits per heavy atom. The maximum atomic E-state index is 13.1. The van der Waals surface area contributed by atoms with Gasteiger partial charge in [-0.25, -0.2) is 4.39 Å². The summed E-state index contributed by atoms with van der Waals surface area (Å²) in [4.78, 5) is 25.9. The molecule has 1 N–H and O–H groups in total. The molecule has 1 heterocycles. The fourth-order valence-corrected chi connectivity index (χ4v) is 2.53. The molecule has 114 valence electrons. The number of nitrogens with zero attached hydrogens (tertiary/aromatic N) is 1. The highest BCUT2D eigenvalue weighted by atomic mass is 35.5. The van der Waals surface area contributed by atoms with E-state index < -0.39 is 11.7 Å². The number of carbonyl (C=O) groups excluding carboxylic acids is 2. The minimum absolute atomic E-state index is 0.0280. The van der Waals surface area contributed by atoms with Gasteiger partial charge in [-0.3, -0.25) is 9.59 Å². The summed E-state index contributed by atoms with van der Waals surface area (Å²) in [5.74, 6) is -1.22. The highest BCUT2D eigenvalue weighted by molar-refractivity contribution is 6.31. The molecule has 0 radical (unpaired) electrons. The first kappa shape index (κ1) is 15.8. The maximum absolute atomic E-state index is 13.1. The number of rotatable bonds is 2. The van der Waals surface area contributed by atoms with E-state index in [1.165, 1.54) is 18.2 Å². The van der Waals surface area contributed by atoms with Crippen LogP contribution in [0.2, 0.25) is 5.02 Å². The molecule has 0 spiro atoms. The van der Waals surface area contributed by atoms with Gasteiger partial charge in [-0.2, -0.15) is 0 Å². The lowest BCUT2D eigenvalue weighted by molar-refractivity contribution is -0.131. The van der Waals surface area contributed by atoms with Crippen molar-refractivity contribution in [3.8, 4) is 0 Å². The Balaban J connectivity index is 2.05. The van der Waals surface area contributed by atoms with Gasteiger partial charge in [-0.15, -0.1) is 0 Å². The van der Waals surface area contributed by atoms with Gasteiger partial charge < -0.3 is 10.2 Å². The normalized spacial score (nSPS) is 19.0. The number of amides is 2. The molecule has 21 heavy (non-hydrogen) atoms. The van der Waals surface area contributed by atoms with Crippen molar-refractivity contribution in [2.24, 2.45) is 5.92 Å². The van der Waals surface area contributed by atoms with Crippen molar-refractivity contribution in [2.45, 2.75) is 32.7 Å². The fraction of sp³-hybridized carbons (Fsp3) is 0.467. The van der Waals surface area contributed by atoms with Crippen molar-refractivity contribution in [1.29, 1.82) is 0 Å². The molecule has 0 aromatic heterocycles. The topological polar surface area (TPSA) is 49.4 Å². The molecule has 0 bridgehead atoms. The van der Waals surface area contributed by atoms with Gasteiger partial charge in [0.25, 0.3) is 0 Å². The molecule has 1 unspecified atom stereocenters. The van der Waals surface area contributed by atoms with E-state index in [4.69, 9.17) is 11.6 Å². The third-order valence-electron chi connectivity index (χ3n) is 3.49. The third kappa shape index (κ3) is 3.53. The first-order valence-electron chi connectivity index (χ1n) is 6.75. The first-order chi connectivity index (χ1) is 9.68. The van der Waals surface area contributed by atoms with Crippen LogP contribution in [0.5, 0.6) is 0 Å². The van der Waals surface area contributed by atoms with Crippen molar-refractivity contribution >= 4 is 29.1 Å². The highest BCUT2D eigenvalue weighted by Gasteiger charge is 2.39. The molecule has 1 aliphatic heterocycles. The van der Waals surface area contributed by atoms with Crippen molar-refractivity contribution in [1.82, 2.24) is 4.90 Å². The van der Waals surface area contributed by atoms with Crippen LogP contribution in [0.3, 0.4) is 0 Å². The highest BCUT2D eigenvalue weighted by Crippen LogP contribution is 2.27. The Morgan fingerprint density at radius 3 is 2.62 bits per heavy atom. The van der Waals surface area contributed by atoms with Crippen LogP contribution < -0.4 is 5.32 Å². The van der Waals surface area contributed by atoms with E-state index in [2.05, 4.69) is 5.32 Å². The van der Waals surface area contributed by atoms with Crippen LogP contribution in [-0.4, -0.2) is 28.8 Å². The molecular weight excluding hydrogens is 295 g/mol. The zero-order chi connectivity index (χ0) is 15.8. The van der Waals surface area contributed by atoms with Crippen LogP contribution in [0.15, 0.2) is 18.2 Å². The summed E-state index contributed by atoms with van der Waals surface area (Å²) in [7, 11) is 0. The summed E-state index contributed by atoms with van der Waals surface area (Å²) in [5, 5.41) is 2.63. The number of benzene rings is 1. The molecule has 1 aliphatic rings. The quantitative estimate of drug-likeness (QED) is 0.912. The molecule has 2 rings (SSSR count). The number of hydrogen-bond donors (Lipinski definition) is 1. The van der Waals surface area contributed by atoms with Crippen LogP contribution in [-0.2, 0) is 9.59 Å². The minimum atomic E-state index is -0.537. The molecule has 1 atom stereocenters. The van der Waals surface area contributed by atoms with Crippen LogP contribution in [0.1, 0.15) is 27.2 Å². The van der Waals surface area contributed by atoms with Gasteiger partial charge in [0.1, 0.15) is 5.82 Å². The smallest absolute Gasteiger partial charge is 0.229 e. The molecule has 1 aromatic carbocycles. The second-order valence-corrected chi connectivity index (χ2v) is 6.60. The van der Waals surface area contributed by atoms with E-state index >= 15 is 0 Å². The summed E-state index contributed by atoms with van der Waals surface area (Å²) in [6, 6.07) is 3.99. The van der Waals surface area contributed by atoms with Crippen molar-refractivity contribution in [3.63, 3.8) is 0 Å². The van der Waals surface area contributed by atoms with Gasteiger partial charge >= 0.3 is 0 Å². The standard InChI is InChI=1S/C15H18ClFN2O2/c1-15(2,3)19-8-9(6-13(19)20)14(21)18-10-4-5-12(17)11(16)7-10/h4-5,7,9H,6,8H2,1-3H3,(H,18,21). The first-order valence-corrected chi connectivity index (χ1v) is 7.12. The summed E-state index contributed by atoms with van der Waals surface area (Å²) in [6.45, 7) is 6.20. The maximum Gasteiger partial charge on any atom is 0.229 e.